The molecule has 0 aromatic carbocycles. The first-order valence-electron chi connectivity index (χ1n) is 11.3. The summed E-state index contributed by atoms with van der Waals surface area (Å²) in [4.78, 5) is 53.0. The number of halogens is 1. The third-order valence-corrected chi connectivity index (χ3v) is 3.60. The average Bonchev–Trinajstić information content (AvgIpc) is 2.68. The molecule has 0 rings (SSSR count). The number of nitrogens with one attached hydrogen (secondary N) is 2. The van der Waals surface area contributed by atoms with E-state index in [1.165, 1.54) is 30.2 Å². The van der Waals surface area contributed by atoms with Crippen LogP contribution in [-0.2, 0) is 49.8 Å². The molecule has 0 aromatic rings. The van der Waals surface area contributed by atoms with Gasteiger partial charge in [-0.2, -0.15) is 0 Å². The van der Waals surface area contributed by atoms with E-state index in [0.717, 1.165) is 6.29 Å². The molecule has 0 radical (unpaired) electrons. The second-order valence-corrected chi connectivity index (χ2v) is 9.68. The van der Waals surface area contributed by atoms with E-state index < -0.39 is 35.3 Å². The number of rotatable bonds is 10. The zero-order valence-corrected chi connectivity index (χ0v) is 28.1. The molecule has 0 aliphatic rings. The molecule has 10 nitrogen and oxygen atoms in total. The number of Topliss-reactive ketones (excluding diaryl/α,β-unsaturated/α-hetero) is 2. The summed E-state index contributed by atoms with van der Waals surface area (Å²) in [6.45, 7) is 16.7. The molecule has 0 aliphatic carbocycles. The first-order chi connectivity index (χ1) is 16.3. The molecule has 3 unspecified atom stereocenters. The number of hydrogen-bond acceptors (Lipinski definition) is 10. The number of likely N-dealkylation sites (N-methyl/N-ethyl adjacent to an activating group) is 2. The Morgan fingerprint density at radius 3 is 1.50 bits per heavy atom. The first kappa shape index (κ1) is 41.9. The van der Waals surface area contributed by atoms with Crippen LogP contribution in [0.15, 0.2) is 0 Å². The van der Waals surface area contributed by atoms with Crippen LogP contribution in [0.1, 0.15) is 74.7 Å². The minimum absolute atomic E-state index is 0.0291. The van der Waals surface area contributed by atoms with Gasteiger partial charge >= 0.3 is 35.9 Å². The summed E-state index contributed by atoms with van der Waals surface area (Å²) in [5, 5.41) is 15.3. The van der Waals surface area contributed by atoms with Crippen molar-refractivity contribution in [2.24, 2.45) is 0 Å². The van der Waals surface area contributed by atoms with E-state index in [1.54, 1.807) is 55.6 Å². The molecule has 0 heterocycles. The summed E-state index contributed by atoms with van der Waals surface area (Å²) < 4.78 is 9.78. The van der Waals surface area contributed by atoms with Gasteiger partial charge in [-0.25, -0.2) is 0 Å². The summed E-state index contributed by atoms with van der Waals surface area (Å²) >= 11 is 4.25. The molecule has 0 aliphatic heterocycles. The van der Waals surface area contributed by atoms with Crippen molar-refractivity contribution >= 4 is 43.4 Å². The van der Waals surface area contributed by atoms with Gasteiger partial charge in [0, 0.05) is 18.9 Å². The predicted molar refractivity (Wildman–Crippen MR) is 139 cm³/mol. The van der Waals surface area contributed by atoms with Crippen LogP contribution in [-0.4, -0.2) is 78.4 Å². The fraction of sp³-hybridized carbons (Fsp3) is 0.750. The second kappa shape index (κ2) is 23.0. The maximum atomic E-state index is 11.5. The number of aliphatic hydroxyl groups is 1. The number of aliphatic hydroxyl groups excluding tert-OH is 1. The molecule has 12 heteroatoms. The zero-order valence-electron chi connectivity index (χ0n) is 23.5. The van der Waals surface area contributed by atoms with Gasteiger partial charge in [0.05, 0.1) is 18.6 Å². The molecule has 0 saturated heterocycles. The summed E-state index contributed by atoms with van der Waals surface area (Å²) in [6, 6.07) is -0.720. The molecule has 3 atom stereocenters. The van der Waals surface area contributed by atoms with Crippen LogP contribution >= 0.6 is 13.6 Å². The van der Waals surface area contributed by atoms with Crippen LogP contribution in [0.4, 0.5) is 0 Å². The molecule has 208 valence electrons. The van der Waals surface area contributed by atoms with Crippen LogP contribution in [0, 0.1) is 6.92 Å². The normalized spacial score (nSPS) is 12.9. The fourth-order valence-corrected chi connectivity index (χ4v) is 2.31. The Hall–Kier alpha value is -1.20. The van der Waals surface area contributed by atoms with Crippen molar-refractivity contribution in [3.05, 3.63) is 6.92 Å². The number of aldehydes is 1. The van der Waals surface area contributed by atoms with Gasteiger partial charge in [-0.3, -0.25) is 26.1 Å². The molecule has 3 N–H and O–H groups in total. The summed E-state index contributed by atoms with van der Waals surface area (Å²) in [6.07, 6.45) is 0.191. The van der Waals surface area contributed by atoms with Crippen LogP contribution in [0.3, 0.4) is 0 Å². The Balaban J connectivity index is -0.000000227. The van der Waals surface area contributed by atoms with E-state index in [9.17, 15) is 29.1 Å². The van der Waals surface area contributed by atoms with Crippen molar-refractivity contribution in [2.75, 3.05) is 14.1 Å². The Morgan fingerprint density at radius 2 is 1.31 bits per heavy atom. The Labute approximate surface area is 233 Å². The molecular formula is C24H45BrN2O8Zn. The minimum atomic E-state index is -0.918. The van der Waals surface area contributed by atoms with Crippen LogP contribution in [0.2, 0.25) is 0 Å². The number of ether oxygens (including phenoxy) is 2. The first-order valence-corrected chi connectivity index (χ1v) is 18.2. The average molecular weight is 635 g/mol. The number of esters is 2. The van der Waals surface area contributed by atoms with Crippen LogP contribution in [0.25, 0.3) is 0 Å². The number of ketones is 2. The molecule has 0 spiro atoms. The molecule has 0 aromatic heterocycles. The Kier molecular flexibility index (Phi) is 26.7. The summed E-state index contributed by atoms with van der Waals surface area (Å²) in [5.41, 5.74) is -0.953. The van der Waals surface area contributed by atoms with Gasteiger partial charge in [0.2, 0.25) is 0 Å². The molecular weight excluding hydrogens is 590 g/mol. The summed E-state index contributed by atoms with van der Waals surface area (Å²) in [5.74, 6) is -0.944. The van der Waals surface area contributed by atoms with E-state index in [0.29, 0.717) is 6.42 Å². The Morgan fingerprint density at radius 1 is 0.889 bits per heavy atom. The van der Waals surface area contributed by atoms with Gasteiger partial charge in [0.25, 0.3) is 0 Å². The van der Waals surface area contributed by atoms with E-state index in [1.807, 2.05) is 0 Å². The van der Waals surface area contributed by atoms with Gasteiger partial charge in [-0.15, -0.1) is 0 Å². The predicted octanol–water partition coefficient (Wildman–Crippen LogP) is 2.40. The molecule has 36 heavy (non-hydrogen) atoms. The topological polar surface area (TPSA) is 148 Å². The number of hydrogen-bond donors (Lipinski definition) is 3. The SMILES string of the molecule is CNC(C=O)CC(C)=O.CNC(CC(C)=O)C(O)CC(=O)OC(C)(C)C.[CH2-]C(=O)OC(C)(C)C.[Zn+][Br]. The monoisotopic (exact) mass is 632 g/mol. The maximum absolute atomic E-state index is 11.5. The van der Waals surface area contributed by atoms with Crippen molar-refractivity contribution < 1.29 is 54.9 Å². The van der Waals surface area contributed by atoms with Crippen molar-refractivity contribution in [2.45, 2.75) is 104 Å². The number of carbonyl (C=O) groups is 5. The fourth-order valence-electron chi connectivity index (χ4n) is 2.31. The van der Waals surface area contributed by atoms with Gasteiger partial charge in [0.15, 0.2) is 5.97 Å². The van der Waals surface area contributed by atoms with Crippen molar-refractivity contribution in [3.8, 4) is 0 Å². The van der Waals surface area contributed by atoms with Crippen molar-refractivity contribution in [3.63, 3.8) is 0 Å². The van der Waals surface area contributed by atoms with Gasteiger partial charge in [0.1, 0.15) is 29.1 Å². The van der Waals surface area contributed by atoms with E-state index >= 15 is 0 Å². The quantitative estimate of drug-likeness (QED) is 0.142. The van der Waals surface area contributed by atoms with E-state index in [4.69, 9.17) is 4.74 Å². The van der Waals surface area contributed by atoms with Gasteiger partial charge in [-0.1, -0.05) is 0 Å². The van der Waals surface area contributed by atoms with Crippen molar-refractivity contribution in [1.82, 2.24) is 10.6 Å². The molecule has 0 fully saturated rings. The van der Waals surface area contributed by atoms with Crippen LogP contribution < -0.4 is 10.6 Å². The molecule has 0 bridgehead atoms. The molecule has 0 saturated carbocycles. The third-order valence-electron chi connectivity index (χ3n) is 3.60. The van der Waals surface area contributed by atoms with Crippen molar-refractivity contribution in [1.29, 1.82) is 0 Å². The van der Waals surface area contributed by atoms with Gasteiger partial charge < -0.3 is 30.0 Å². The van der Waals surface area contributed by atoms with E-state index in [-0.39, 0.29) is 30.4 Å². The van der Waals surface area contributed by atoms with E-state index in [2.05, 4.69) is 35.9 Å². The van der Waals surface area contributed by atoms with Crippen LogP contribution in [0.5, 0.6) is 0 Å². The summed E-state index contributed by atoms with van der Waals surface area (Å²) in [7, 11) is 3.30. The second-order valence-electron chi connectivity index (χ2n) is 9.68. The molecule has 0 amide bonds. The standard InChI is InChI=1S/C12H23NO4.C6H11NO2.C6H11O2.BrH.Zn/c1-8(14)6-9(13-5)10(15)7-11(16)17-12(2,3)4;1-5(9)3-6(4-8)7-2;1-5(7)8-6(2,3)4;;/h9-10,13,15H,6-7H2,1-5H3;4,6-7H,3H2,1-2H3;1H2,2-4H3;1H;/q;;-1;;+2/p-1. The third kappa shape index (κ3) is 35.0. The number of carbonyl (C=O) groups excluding carboxylic acids is 5. The van der Waals surface area contributed by atoms with Gasteiger partial charge in [-0.05, 0) is 69.5 Å². The zero-order chi connectivity index (χ0) is 29.7. The Bertz CT molecular complexity index is 649.